The normalized spacial score (nSPS) is 11.2. The Bertz CT molecular complexity index is 1810. The van der Waals surface area contributed by atoms with Crippen LogP contribution in [0.5, 0.6) is 0 Å². The molecule has 0 aliphatic rings. The van der Waals surface area contributed by atoms with Crippen molar-refractivity contribution in [3.63, 3.8) is 0 Å². The van der Waals surface area contributed by atoms with Crippen molar-refractivity contribution in [2.75, 3.05) is 0 Å². The van der Waals surface area contributed by atoms with Gasteiger partial charge in [-0.15, -0.1) is 0 Å². The molecule has 0 saturated carbocycles. The van der Waals surface area contributed by atoms with E-state index in [9.17, 15) is 0 Å². The SMILES string of the molecule is c1ccc(-c2ccc(-c3nc(-c4ccc5ccccc5c4)cc(-c4ccc5ccccc5c4)n3)cc2)cc1. The van der Waals surface area contributed by atoms with Crippen molar-refractivity contribution in [2.24, 2.45) is 0 Å². The Morgan fingerprint density at radius 1 is 0.289 bits per heavy atom. The number of aromatic nitrogens is 2. The van der Waals surface area contributed by atoms with Gasteiger partial charge < -0.3 is 0 Å². The molecule has 7 rings (SSSR count). The molecule has 2 nitrogen and oxygen atoms in total. The highest BCUT2D eigenvalue weighted by molar-refractivity contribution is 5.89. The molecule has 38 heavy (non-hydrogen) atoms. The van der Waals surface area contributed by atoms with Crippen LogP contribution in [0.4, 0.5) is 0 Å². The molecule has 178 valence electrons. The molecule has 0 radical (unpaired) electrons. The topological polar surface area (TPSA) is 25.8 Å². The van der Waals surface area contributed by atoms with Gasteiger partial charge in [-0.2, -0.15) is 0 Å². The average molecular weight is 485 g/mol. The average Bonchev–Trinajstić information content (AvgIpc) is 3.01. The summed E-state index contributed by atoms with van der Waals surface area (Å²) < 4.78 is 0. The van der Waals surface area contributed by atoms with E-state index in [1.54, 1.807) is 0 Å². The maximum atomic E-state index is 5.06. The Labute approximate surface area is 221 Å². The van der Waals surface area contributed by atoms with Crippen molar-refractivity contribution in [2.45, 2.75) is 0 Å². The fraction of sp³-hybridized carbons (Fsp3) is 0. The van der Waals surface area contributed by atoms with Gasteiger partial charge in [0.25, 0.3) is 0 Å². The fourth-order valence-corrected chi connectivity index (χ4v) is 5.01. The molecule has 1 aromatic heterocycles. The lowest BCUT2D eigenvalue weighted by molar-refractivity contribution is 1.18. The Morgan fingerprint density at radius 3 is 1.26 bits per heavy atom. The summed E-state index contributed by atoms with van der Waals surface area (Å²) in [6.45, 7) is 0. The number of hydrogen-bond acceptors (Lipinski definition) is 2. The van der Waals surface area contributed by atoms with E-state index >= 15 is 0 Å². The molecule has 0 fully saturated rings. The molecule has 0 spiro atoms. The van der Waals surface area contributed by atoms with Gasteiger partial charge in [-0.1, -0.05) is 127 Å². The Kier molecular flexibility index (Phi) is 5.49. The van der Waals surface area contributed by atoms with Gasteiger partial charge in [-0.05, 0) is 50.9 Å². The third kappa shape index (κ3) is 4.23. The second kappa shape index (κ2) is 9.42. The van der Waals surface area contributed by atoms with E-state index in [1.807, 2.05) is 6.07 Å². The fourth-order valence-electron chi connectivity index (χ4n) is 5.01. The molecule has 0 amide bonds. The molecule has 0 aliphatic heterocycles. The van der Waals surface area contributed by atoms with Gasteiger partial charge in [0, 0.05) is 16.7 Å². The highest BCUT2D eigenvalue weighted by Crippen LogP contribution is 2.31. The van der Waals surface area contributed by atoms with E-state index in [2.05, 4.69) is 140 Å². The van der Waals surface area contributed by atoms with Gasteiger partial charge in [-0.25, -0.2) is 9.97 Å². The maximum Gasteiger partial charge on any atom is 0.160 e. The van der Waals surface area contributed by atoms with E-state index in [0.29, 0.717) is 0 Å². The standard InChI is InChI=1S/C36H24N2/c1-2-8-25(9-3-1)28-14-18-29(19-15-28)36-37-34(32-20-16-26-10-4-6-12-30(26)22-32)24-35(38-36)33-21-17-27-11-5-7-13-31(27)23-33/h1-24H. The number of benzene rings is 6. The van der Waals surface area contributed by atoms with Crippen molar-refractivity contribution < 1.29 is 0 Å². The van der Waals surface area contributed by atoms with Crippen molar-refractivity contribution in [1.82, 2.24) is 9.97 Å². The summed E-state index contributed by atoms with van der Waals surface area (Å²) in [6, 6.07) is 51.0. The van der Waals surface area contributed by atoms with Crippen LogP contribution < -0.4 is 0 Å². The molecule has 7 aromatic rings. The molecular weight excluding hydrogens is 460 g/mol. The van der Waals surface area contributed by atoms with Crippen molar-refractivity contribution >= 4 is 21.5 Å². The predicted octanol–water partition coefficient (Wildman–Crippen LogP) is 9.45. The molecule has 0 aliphatic carbocycles. The van der Waals surface area contributed by atoms with Crippen LogP contribution in [0, 0.1) is 0 Å². The first-order valence-corrected chi connectivity index (χ1v) is 12.8. The summed E-state index contributed by atoms with van der Waals surface area (Å²) in [7, 11) is 0. The van der Waals surface area contributed by atoms with Crippen LogP contribution in [0.15, 0.2) is 146 Å². The summed E-state index contributed by atoms with van der Waals surface area (Å²) in [6.07, 6.45) is 0. The van der Waals surface area contributed by atoms with E-state index in [-0.39, 0.29) is 0 Å². The summed E-state index contributed by atoms with van der Waals surface area (Å²) in [5.74, 6) is 0.721. The zero-order valence-electron chi connectivity index (χ0n) is 20.8. The first-order valence-electron chi connectivity index (χ1n) is 12.8. The van der Waals surface area contributed by atoms with Gasteiger partial charge >= 0.3 is 0 Å². The number of nitrogens with zero attached hydrogens (tertiary/aromatic N) is 2. The number of rotatable bonds is 4. The van der Waals surface area contributed by atoms with Crippen LogP contribution in [0.1, 0.15) is 0 Å². The van der Waals surface area contributed by atoms with Gasteiger partial charge in [0.1, 0.15) is 0 Å². The lowest BCUT2D eigenvalue weighted by Crippen LogP contribution is -1.96. The molecule has 0 unspecified atom stereocenters. The Balaban J connectivity index is 1.38. The smallest absolute Gasteiger partial charge is 0.160 e. The summed E-state index contributed by atoms with van der Waals surface area (Å²) in [4.78, 5) is 10.1. The number of fused-ring (bicyclic) bond motifs is 2. The van der Waals surface area contributed by atoms with Crippen LogP contribution in [-0.4, -0.2) is 9.97 Å². The molecule has 0 atom stereocenters. The summed E-state index contributed by atoms with van der Waals surface area (Å²) >= 11 is 0. The molecule has 6 aromatic carbocycles. The lowest BCUT2D eigenvalue weighted by Gasteiger charge is -2.11. The third-order valence-corrected chi connectivity index (χ3v) is 7.07. The van der Waals surface area contributed by atoms with Gasteiger partial charge in [0.05, 0.1) is 11.4 Å². The van der Waals surface area contributed by atoms with Crippen molar-refractivity contribution in [3.8, 4) is 45.0 Å². The van der Waals surface area contributed by atoms with Crippen LogP contribution in [0.2, 0.25) is 0 Å². The minimum Gasteiger partial charge on any atom is -0.228 e. The zero-order chi connectivity index (χ0) is 25.3. The first kappa shape index (κ1) is 22.1. The van der Waals surface area contributed by atoms with E-state index in [4.69, 9.17) is 9.97 Å². The number of hydrogen-bond donors (Lipinski definition) is 0. The van der Waals surface area contributed by atoms with Gasteiger partial charge in [-0.3, -0.25) is 0 Å². The van der Waals surface area contributed by atoms with Crippen molar-refractivity contribution in [3.05, 3.63) is 146 Å². The molecule has 0 N–H and O–H groups in total. The summed E-state index contributed by atoms with van der Waals surface area (Å²) in [5, 5.41) is 4.84. The molecule has 0 saturated heterocycles. The van der Waals surface area contributed by atoms with Crippen LogP contribution in [-0.2, 0) is 0 Å². The third-order valence-electron chi connectivity index (χ3n) is 7.07. The highest BCUT2D eigenvalue weighted by atomic mass is 14.9. The second-order valence-electron chi connectivity index (χ2n) is 9.53. The van der Waals surface area contributed by atoms with Crippen molar-refractivity contribution in [1.29, 1.82) is 0 Å². The molecular formula is C36H24N2. The van der Waals surface area contributed by atoms with E-state index in [1.165, 1.54) is 32.7 Å². The predicted molar refractivity (Wildman–Crippen MR) is 159 cm³/mol. The second-order valence-corrected chi connectivity index (χ2v) is 9.53. The lowest BCUT2D eigenvalue weighted by atomic mass is 10.0. The summed E-state index contributed by atoms with van der Waals surface area (Å²) in [5.41, 5.74) is 7.35. The Morgan fingerprint density at radius 2 is 0.711 bits per heavy atom. The van der Waals surface area contributed by atoms with Crippen LogP contribution >= 0.6 is 0 Å². The van der Waals surface area contributed by atoms with Gasteiger partial charge in [0.15, 0.2) is 5.82 Å². The maximum absolute atomic E-state index is 5.06. The minimum absolute atomic E-state index is 0.721. The molecule has 0 bridgehead atoms. The van der Waals surface area contributed by atoms with E-state index in [0.717, 1.165) is 33.9 Å². The largest absolute Gasteiger partial charge is 0.228 e. The quantitative estimate of drug-likeness (QED) is 0.249. The Hall–Kier alpha value is -5.08. The first-order chi connectivity index (χ1) is 18.8. The zero-order valence-corrected chi connectivity index (χ0v) is 20.8. The van der Waals surface area contributed by atoms with E-state index < -0.39 is 0 Å². The minimum atomic E-state index is 0.721. The molecule has 1 heterocycles. The van der Waals surface area contributed by atoms with Crippen LogP contribution in [0.3, 0.4) is 0 Å². The van der Waals surface area contributed by atoms with Gasteiger partial charge in [0.2, 0.25) is 0 Å². The van der Waals surface area contributed by atoms with Crippen LogP contribution in [0.25, 0.3) is 66.6 Å². The molecule has 2 heteroatoms. The monoisotopic (exact) mass is 484 g/mol. The highest BCUT2D eigenvalue weighted by Gasteiger charge is 2.12.